The van der Waals surface area contributed by atoms with Gasteiger partial charge in [0.2, 0.25) is 0 Å². The largest absolute Gasteiger partial charge is 0.385 e. The van der Waals surface area contributed by atoms with Crippen LogP contribution in [0.4, 0.5) is 20.4 Å². The van der Waals surface area contributed by atoms with Gasteiger partial charge in [0.15, 0.2) is 11.6 Å². The summed E-state index contributed by atoms with van der Waals surface area (Å²) in [5.41, 5.74) is 2.48. The number of unbranched alkanes of at least 4 members (excludes halogenated alkanes) is 1. The van der Waals surface area contributed by atoms with Crippen molar-refractivity contribution in [2.24, 2.45) is 4.99 Å². The molecule has 0 aliphatic carbocycles. The Morgan fingerprint density at radius 3 is 2.51 bits per heavy atom. The number of ether oxygens (including phenoxy) is 1. The number of carbonyl (C=O) groups is 2. The third-order valence-corrected chi connectivity index (χ3v) is 9.27. The van der Waals surface area contributed by atoms with E-state index in [0.29, 0.717) is 80.1 Å². The van der Waals surface area contributed by atoms with E-state index in [-0.39, 0.29) is 42.4 Å². The average Bonchev–Trinajstić information content (AvgIpc) is 3.59. The number of anilines is 1. The molecule has 2 aliphatic heterocycles. The van der Waals surface area contributed by atoms with E-state index < -0.39 is 23.2 Å². The third-order valence-electron chi connectivity index (χ3n) is 9.27. The van der Waals surface area contributed by atoms with Crippen molar-refractivity contribution in [2.45, 2.75) is 58.5 Å². The molecule has 2 aromatic carbocycles. The molecule has 13 heteroatoms. The molecule has 0 unspecified atom stereocenters. The van der Waals surface area contributed by atoms with Gasteiger partial charge >= 0.3 is 5.69 Å². The van der Waals surface area contributed by atoms with Crippen LogP contribution >= 0.6 is 0 Å². The SMILES string of the molecule is CCCn1c2c(c(=O)n(CCCCOC)c1=O)CC(c1ccc(N(CCCN3CCc4ccccc4C3=O)C(=O)c3ccc(F)c(F)c3)nc1)=N2. The van der Waals surface area contributed by atoms with Crippen molar-refractivity contribution in [3.8, 4) is 0 Å². The molecule has 2 aromatic heterocycles. The van der Waals surface area contributed by atoms with Gasteiger partial charge in [-0.15, -0.1) is 0 Å². The number of methoxy groups -OCH3 is 1. The fraction of sp³-hybridized carbons (Fsp3) is 0.368. The number of hydrogen-bond acceptors (Lipinski definition) is 7. The minimum atomic E-state index is -1.14. The molecule has 2 amide bonds. The smallest absolute Gasteiger partial charge is 0.332 e. The first-order chi connectivity index (χ1) is 24.7. The molecule has 6 rings (SSSR count). The maximum Gasteiger partial charge on any atom is 0.332 e. The zero-order valence-electron chi connectivity index (χ0n) is 28.7. The Kier molecular flexibility index (Phi) is 10.9. The molecule has 4 aromatic rings. The zero-order chi connectivity index (χ0) is 36.1. The molecular weight excluding hydrogens is 658 g/mol. The van der Waals surface area contributed by atoms with E-state index in [1.54, 1.807) is 34.9 Å². The van der Waals surface area contributed by atoms with Crippen LogP contribution in [0.15, 0.2) is 75.4 Å². The molecule has 266 valence electrons. The molecule has 0 spiro atoms. The monoisotopic (exact) mass is 698 g/mol. The second-order valence-corrected chi connectivity index (χ2v) is 12.7. The van der Waals surface area contributed by atoms with Gasteiger partial charge in [-0.3, -0.25) is 28.4 Å². The highest BCUT2D eigenvalue weighted by Gasteiger charge is 2.28. The molecule has 11 nitrogen and oxygen atoms in total. The van der Waals surface area contributed by atoms with E-state index >= 15 is 0 Å². The molecule has 0 saturated carbocycles. The summed E-state index contributed by atoms with van der Waals surface area (Å²) >= 11 is 0. The number of amides is 2. The lowest BCUT2D eigenvalue weighted by atomic mass is 9.99. The maximum atomic E-state index is 14.2. The number of aromatic nitrogens is 3. The lowest BCUT2D eigenvalue weighted by Crippen LogP contribution is -2.41. The van der Waals surface area contributed by atoms with E-state index in [2.05, 4.69) is 4.98 Å². The van der Waals surface area contributed by atoms with Gasteiger partial charge in [-0.1, -0.05) is 25.1 Å². The van der Waals surface area contributed by atoms with Gasteiger partial charge in [0.1, 0.15) is 11.6 Å². The summed E-state index contributed by atoms with van der Waals surface area (Å²) in [6.07, 6.45) is 4.90. The first kappa shape index (κ1) is 35.5. The second kappa shape index (κ2) is 15.7. The van der Waals surface area contributed by atoms with Crippen molar-refractivity contribution in [1.82, 2.24) is 19.0 Å². The number of pyridine rings is 1. The second-order valence-electron chi connectivity index (χ2n) is 12.7. The fourth-order valence-electron chi connectivity index (χ4n) is 6.60. The van der Waals surface area contributed by atoms with E-state index in [1.807, 2.05) is 31.2 Å². The summed E-state index contributed by atoms with van der Waals surface area (Å²) in [7, 11) is 1.61. The predicted molar refractivity (Wildman–Crippen MR) is 189 cm³/mol. The van der Waals surface area contributed by atoms with Crippen LogP contribution in [-0.4, -0.2) is 69.9 Å². The molecule has 0 N–H and O–H groups in total. The van der Waals surface area contributed by atoms with Crippen LogP contribution in [0.1, 0.15) is 70.0 Å². The Balaban J connectivity index is 1.24. The summed E-state index contributed by atoms with van der Waals surface area (Å²) in [5.74, 6) is -2.24. The molecule has 4 heterocycles. The van der Waals surface area contributed by atoms with E-state index in [1.165, 1.54) is 15.5 Å². The minimum Gasteiger partial charge on any atom is -0.385 e. The molecular formula is C38H40F2N6O5. The van der Waals surface area contributed by atoms with Crippen LogP contribution in [0.25, 0.3) is 0 Å². The quantitative estimate of drug-likeness (QED) is 0.172. The summed E-state index contributed by atoms with van der Waals surface area (Å²) in [5, 5.41) is 0. The number of halogens is 2. The number of fused-ring (bicyclic) bond motifs is 2. The molecule has 0 atom stereocenters. The van der Waals surface area contributed by atoms with Gasteiger partial charge in [0, 0.05) is 75.7 Å². The number of carbonyl (C=O) groups excluding carboxylic acids is 2. The lowest BCUT2D eigenvalue weighted by molar-refractivity contribution is 0.0738. The van der Waals surface area contributed by atoms with Crippen molar-refractivity contribution in [2.75, 3.05) is 38.3 Å². The van der Waals surface area contributed by atoms with Gasteiger partial charge in [-0.2, -0.15) is 0 Å². The molecule has 0 bridgehead atoms. The van der Waals surface area contributed by atoms with Crippen molar-refractivity contribution in [3.63, 3.8) is 0 Å². The topological polar surface area (TPSA) is 119 Å². The molecule has 51 heavy (non-hydrogen) atoms. The van der Waals surface area contributed by atoms with Crippen LogP contribution in [0, 0.1) is 11.6 Å². The van der Waals surface area contributed by atoms with E-state index in [9.17, 15) is 28.0 Å². The first-order valence-corrected chi connectivity index (χ1v) is 17.2. The van der Waals surface area contributed by atoms with Gasteiger partial charge in [0.25, 0.3) is 17.4 Å². The summed E-state index contributed by atoms with van der Waals surface area (Å²) < 4.78 is 35.9. The normalized spacial score (nSPS) is 13.6. The Labute approximate surface area is 293 Å². The first-order valence-electron chi connectivity index (χ1n) is 17.2. The van der Waals surface area contributed by atoms with Gasteiger partial charge in [-0.25, -0.2) is 23.6 Å². The highest BCUT2D eigenvalue weighted by molar-refractivity contribution is 6.07. The Morgan fingerprint density at radius 2 is 1.76 bits per heavy atom. The Hall–Kier alpha value is -5.30. The van der Waals surface area contributed by atoms with Crippen molar-refractivity contribution < 1.29 is 23.1 Å². The average molecular weight is 699 g/mol. The zero-order valence-corrected chi connectivity index (χ0v) is 28.7. The highest BCUT2D eigenvalue weighted by atomic mass is 19.2. The van der Waals surface area contributed by atoms with Gasteiger partial charge in [-0.05, 0) is 74.1 Å². The summed E-state index contributed by atoms with van der Waals surface area (Å²) in [6.45, 7) is 4.26. The summed E-state index contributed by atoms with van der Waals surface area (Å²) in [4.78, 5) is 66.1. The maximum absolute atomic E-state index is 14.2. The lowest BCUT2D eigenvalue weighted by Gasteiger charge is -2.29. The van der Waals surface area contributed by atoms with Crippen LogP contribution in [0.3, 0.4) is 0 Å². The van der Waals surface area contributed by atoms with Crippen LogP contribution in [0.5, 0.6) is 0 Å². The van der Waals surface area contributed by atoms with E-state index in [4.69, 9.17) is 9.73 Å². The van der Waals surface area contributed by atoms with Crippen molar-refractivity contribution in [1.29, 1.82) is 0 Å². The van der Waals surface area contributed by atoms with Gasteiger partial charge in [0.05, 0.1) is 11.3 Å². The number of hydrogen-bond donors (Lipinski definition) is 0. The number of nitrogens with zero attached hydrogens (tertiary/aromatic N) is 6. The van der Waals surface area contributed by atoms with Crippen LogP contribution < -0.4 is 16.1 Å². The van der Waals surface area contributed by atoms with Crippen molar-refractivity contribution >= 4 is 29.2 Å². The van der Waals surface area contributed by atoms with Crippen LogP contribution in [-0.2, 0) is 30.7 Å². The Morgan fingerprint density at radius 1 is 0.941 bits per heavy atom. The molecule has 2 aliphatic rings. The number of benzene rings is 2. The highest BCUT2D eigenvalue weighted by Crippen LogP contribution is 2.27. The summed E-state index contributed by atoms with van der Waals surface area (Å²) in [6, 6.07) is 13.8. The van der Waals surface area contributed by atoms with Gasteiger partial charge < -0.3 is 9.64 Å². The number of rotatable bonds is 14. The molecule has 0 radical (unpaired) electrons. The Bertz CT molecular complexity index is 2090. The van der Waals surface area contributed by atoms with E-state index in [0.717, 1.165) is 24.1 Å². The molecule has 0 fully saturated rings. The predicted octanol–water partition coefficient (Wildman–Crippen LogP) is 4.93. The van der Waals surface area contributed by atoms with Crippen molar-refractivity contribution in [3.05, 3.63) is 121 Å². The third kappa shape index (κ3) is 7.43. The van der Waals surface area contributed by atoms with Crippen LogP contribution in [0.2, 0.25) is 0 Å². The number of aliphatic imine (C=N–C) groups is 1. The molecule has 0 saturated heterocycles. The standard InChI is InChI=1S/C38H40F2N6O5/c1-3-16-45-34-29(37(49)46(38(45)50)18-6-7-21-51-2)23-32(42-34)27-12-14-33(41-24-27)44(35(47)26-11-13-30(39)31(40)22-26)19-8-17-43-20-15-25-9-4-5-10-28(25)36(43)48/h4-5,9-14,22,24H,3,6-8,15-21,23H2,1-2H3. The fourth-order valence-corrected chi connectivity index (χ4v) is 6.60. The minimum absolute atomic E-state index is 0.0502.